The van der Waals surface area contributed by atoms with Gasteiger partial charge in [0.1, 0.15) is 5.82 Å². The first-order chi connectivity index (χ1) is 10.9. The number of benzene rings is 2. The van der Waals surface area contributed by atoms with E-state index in [4.69, 9.17) is 23.2 Å². The highest BCUT2D eigenvalue weighted by Gasteiger charge is 2.19. The zero-order chi connectivity index (χ0) is 17.0. The molecule has 0 aromatic heterocycles. The van der Waals surface area contributed by atoms with E-state index in [-0.39, 0.29) is 17.0 Å². The van der Waals surface area contributed by atoms with Crippen LogP contribution in [0.2, 0.25) is 10.0 Å². The number of hydrogen-bond acceptors (Lipinski definition) is 2. The number of para-hydroxylation sites is 1. The molecule has 2 aromatic carbocycles. The summed E-state index contributed by atoms with van der Waals surface area (Å²) in [6.45, 7) is 3.54. The Labute approximate surface area is 144 Å². The van der Waals surface area contributed by atoms with Crippen molar-refractivity contribution in [1.82, 2.24) is 5.32 Å². The minimum Gasteiger partial charge on any atom is -0.325 e. The molecule has 3 nitrogen and oxygen atoms in total. The average Bonchev–Trinajstić information content (AvgIpc) is 2.51. The highest BCUT2D eigenvalue weighted by atomic mass is 35.5. The van der Waals surface area contributed by atoms with E-state index in [0.29, 0.717) is 10.6 Å². The topological polar surface area (TPSA) is 41.1 Å². The molecule has 2 aromatic rings. The molecule has 0 unspecified atom stereocenters. The molecule has 0 aliphatic carbocycles. The first-order valence-electron chi connectivity index (χ1n) is 7.15. The van der Waals surface area contributed by atoms with Gasteiger partial charge in [0.2, 0.25) is 5.91 Å². The molecule has 2 atom stereocenters. The quantitative estimate of drug-likeness (QED) is 0.756. The zero-order valence-corrected chi connectivity index (χ0v) is 14.3. The number of carbonyl (C=O) groups is 1. The lowest BCUT2D eigenvalue weighted by atomic mass is 10.1. The third-order valence-electron chi connectivity index (χ3n) is 3.44. The molecule has 0 aliphatic rings. The highest BCUT2D eigenvalue weighted by molar-refractivity contribution is 6.35. The molecule has 0 aliphatic heterocycles. The fourth-order valence-corrected chi connectivity index (χ4v) is 2.73. The third-order valence-corrected chi connectivity index (χ3v) is 4.06. The summed E-state index contributed by atoms with van der Waals surface area (Å²) in [5.74, 6) is -0.727. The van der Waals surface area contributed by atoms with Crippen LogP contribution in [0.4, 0.5) is 10.1 Å². The summed E-state index contributed by atoms with van der Waals surface area (Å²) in [4.78, 5) is 12.2. The number of rotatable bonds is 5. The van der Waals surface area contributed by atoms with Gasteiger partial charge in [-0.25, -0.2) is 4.39 Å². The summed E-state index contributed by atoms with van der Waals surface area (Å²) in [5.41, 5.74) is 1.27. The Morgan fingerprint density at radius 3 is 2.39 bits per heavy atom. The zero-order valence-electron chi connectivity index (χ0n) is 12.7. The van der Waals surface area contributed by atoms with Crippen molar-refractivity contribution in [3.63, 3.8) is 0 Å². The summed E-state index contributed by atoms with van der Waals surface area (Å²) >= 11 is 11.8. The van der Waals surface area contributed by atoms with Gasteiger partial charge in [-0.3, -0.25) is 10.1 Å². The number of hydrogen-bond donors (Lipinski definition) is 2. The van der Waals surface area contributed by atoms with Gasteiger partial charge >= 0.3 is 0 Å². The lowest BCUT2D eigenvalue weighted by Gasteiger charge is -2.21. The van der Waals surface area contributed by atoms with Crippen LogP contribution in [0.15, 0.2) is 42.5 Å². The summed E-state index contributed by atoms with van der Waals surface area (Å²) in [6, 6.07) is 11.0. The molecule has 122 valence electrons. The van der Waals surface area contributed by atoms with Crippen LogP contribution in [-0.4, -0.2) is 11.9 Å². The van der Waals surface area contributed by atoms with Gasteiger partial charge in [-0.05, 0) is 43.7 Å². The molecule has 0 bridgehead atoms. The Hall–Kier alpha value is -1.62. The monoisotopic (exact) mass is 354 g/mol. The van der Waals surface area contributed by atoms with Crippen molar-refractivity contribution < 1.29 is 9.18 Å². The van der Waals surface area contributed by atoms with E-state index in [0.717, 1.165) is 5.69 Å². The Morgan fingerprint density at radius 2 is 1.74 bits per heavy atom. The normalized spacial score (nSPS) is 13.4. The van der Waals surface area contributed by atoms with Gasteiger partial charge in [-0.1, -0.05) is 41.4 Å². The Bertz CT molecular complexity index is 694. The lowest BCUT2D eigenvalue weighted by molar-refractivity contribution is -0.117. The Kier molecular flexibility index (Phi) is 5.99. The van der Waals surface area contributed by atoms with Crippen molar-refractivity contribution in [3.05, 3.63) is 63.9 Å². The summed E-state index contributed by atoms with van der Waals surface area (Å²) in [5, 5.41) is 6.23. The van der Waals surface area contributed by atoms with Crippen molar-refractivity contribution in [1.29, 1.82) is 0 Å². The van der Waals surface area contributed by atoms with E-state index in [2.05, 4.69) is 10.6 Å². The first-order valence-corrected chi connectivity index (χ1v) is 7.90. The van der Waals surface area contributed by atoms with Crippen LogP contribution in [-0.2, 0) is 4.79 Å². The second kappa shape index (κ2) is 7.77. The summed E-state index contributed by atoms with van der Waals surface area (Å²) in [6.07, 6.45) is 0. The van der Waals surface area contributed by atoms with Crippen LogP contribution in [0, 0.1) is 5.82 Å². The van der Waals surface area contributed by atoms with Gasteiger partial charge in [0, 0.05) is 16.8 Å². The molecule has 0 saturated heterocycles. The van der Waals surface area contributed by atoms with Gasteiger partial charge < -0.3 is 5.32 Å². The predicted molar refractivity (Wildman–Crippen MR) is 92.5 cm³/mol. The van der Waals surface area contributed by atoms with Crippen molar-refractivity contribution >= 4 is 34.8 Å². The van der Waals surface area contributed by atoms with E-state index < -0.39 is 11.9 Å². The molecule has 0 radical (unpaired) electrons. The van der Waals surface area contributed by atoms with Gasteiger partial charge in [0.05, 0.1) is 11.1 Å². The smallest absolute Gasteiger partial charge is 0.241 e. The van der Waals surface area contributed by atoms with Crippen molar-refractivity contribution in [2.45, 2.75) is 25.9 Å². The van der Waals surface area contributed by atoms with E-state index in [1.165, 1.54) is 12.1 Å². The van der Waals surface area contributed by atoms with Crippen molar-refractivity contribution in [2.75, 3.05) is 5.32 Å². The fraction of sp³-hybridized carbons (Fsp3) is 0.235. The van der Waals surface area contributed by atoms with Crippen molar-refractivity contribution in [2.24, 2.45) is 0 Å². The molecular weight excluding hydrogens is 338 g/mol. The number of amides is 1. The molecule has 0 spiro atoms. The summed E-state index contributed by atoms with van der Waals surface area (Å²) < 4.78 is 13.6. The maximum Gasteiger partial charge on any atom is 0.241 e. The minimum atomic E-state index is -0.541. The number of halogens is 3. The molecule has 2 N–H and O–H groups in total. The van der Waals surface area contributed by atoms with E-state index in [1.54, 1.807) is 26.0 Å². The van der Waals surface area contributed by atoms with Gasteiger partial charge in [0.15, 0.2) is 0 Å². The van der Waals surface area contributed by atoms with Crippen molar-refractivity contribution in [3.8, 4) is 0 Å². The molecule has 0 saturated carbocycles. The fourth-order valence-electron chi connectivity index (χ4n) is 2.18. The SMILES string of the molecule is C[C@H](N[C@H](C)c1cc(F)c(Cl)cc1Cl)C(=O)Nc1ccccc1. The van der Waals surface area contributed by atoms with Gasteiger partial charge in [-0.2, -0.15) is 0 Å². The first kappa shape index (κ1) is 17.7. The second-order valence-corrected chi connectivity index (χ2v) is 6.07. The number of anilines is 1. The standard InChI is InChI=1S/C17H17Cl2FN2O/c1-10(13-8-16(20)15(19)9-14(13)18)21-11(2)17(23)22-12-6-4-3-5-7-12/h3-11,21H,1-2H3,(H,22,23)/t10-,11+/m1/s1. The lowest BCUT2D eigenvalue weighted by Crippen LogP contribution is -2.39. The molecule has 6 heteroatoms. The van der Waals surface area contributed by atoms with E-state index in [1.807, 2.05) is 18.2 Å². The molecule has 23 heavy (non-hydrogen) atoms. The third kappa shape index (κ3) is 4.67. The number of carbonyl (C=O) groups excluding carboxylic acids is 1. The van der Waals surface area contributed by atoms with Gasteiger partial charge in [-0.15, -0.1) is 0 Å². The maximum absolute atomic E-state index is 13.6. The largest absolute Gasteiger partial charge is 0.325 e. The predicted octanol–water partition coefficient (Wildman–Crippen LogP) is 4.81. The van der Waals surface area contributed by atoms with Crippen LogP contribution in [0.5, 0.6) is 0 Å². The van der Waals surface area contributed by atoms with Crippen LogP contribution in [0.3, 0.4) is 0 Å². The number of nitrogens with one attached hydrogen (secondary N) is 2. The van der Waals surface area contributed by atoms with Crippen LogP contribution < -0.4 is 10.6 Å². The Morgan fingerprint density at radius 1 is 1.09 bits per heavy atom. The second-order valence-electron chi connectivity index (χ2n) is 5.25. The molecular formula is C17H17Cl2FN2O. The maximum atomic E-state index is 13.6. The molecule has 0 fully saturated rings. The van der Waals surface area contributed by atoms with Crippen LogP contribution >= 0.6 is 23.2 Å². The van der Waals surface area contributed by atoms with E-state index in [9.17, 15) is 9.18 Å². The van der Waals surface area contributed by atoms with Crippen LogP contribution in [0.1, 0.15) is 25.5 Å². The van der Waals surface area contributed by atoms with Crippen LogP contribution in [0.25, 0.3) is 0 Å². The molecule has 1 amide bonds. The minimum absolute atomic E-state index is 0.0270. The molecule has 2 rings (SSSR count). The average molecular weight is 355 g/mol. The van der Waals surface area contributed by atoms with E-state index >= 15 is 0 Å². The summed E-state index contributed by atoms with van der Waals surface area (Å²) in [7, 11) is 0. The van der Waals surface area contributed by atoms with Gasteiger partial charge in [0.25, 0.3) is 0 Å². The highest BCUT2D eigenvalue weighted by Crippen LogP contribution is 2.28. The molecule has 0 heterocycles. The Balaban J connectivity index is 2.03.